The lowest BCUT2D eigenvalue weighted by atomic mass is 10.1. The summed E-state index contributed by atoms with van der Waals surface area (Å²) in [4.78, 5) is 13.9. The normalized spacial score (nSPS) is 11.0. The van der Waals surface area contributed by atoms with Gasteiger partial charge in [0.05, 0.1) is 0 Å². The summed E-state index contributed by atoms with van der Waals surface area (Å²) in [5.74, 6) is 1.74. The summed E-state index contributed by atoms with van der Waals surface area (Å²) in [6, 6.07) is 17.6. The largest absolute Gasteiger partial charge is 0.369 e. The molecule has 0 radical (unpaired) electrons. The van der Waals surface area contributed by atoms with Crippen molar-refractivity contribution in [2.75, 3.05) is 11.1 Å². The van der Waals surface area contributed by atoms with Gasteiger partial charge in [-0.25, -0.2) is 15.0 Å². The smallest absolute Gasteiger partial charge is 0.202 e. The van der Waals surface area contributed by atoms with E-state index in [1.807, 2.05) is 54.0 Å². The second-order valence-corrected chi connectivity index (χ2v) is 6.61. The maximum Gasteiger partial charge on any atom is 0.202 e. The Morgan fingerprint density at radius 3 is 2.59 bits per heavy atom. The predicted molar refractivity (Wildman–Crippen MR) is 109 cm³/mol. The number of benzene rings is 2. The molecule has 0 saturated carbocycles. The molecule has 2 aromatic carbocycles. The summed E-state index contributed by atoms with van der Waals surface area (Å²) in [5, 5.41) is 3.96. The first-order chi connectivity index (χ1) is 13.1. The number of fused-ring (bicyclic) bond motifs is 1. The van der Waals surface area contributed by atoms with Crippen LogP contribution in [0.25, 0.3) is 11.2 Å². The fourth-order valence-corrected chi connectivity index (χ4v) is 3.21. The first-order valence-electron chi connectivity index (χ1n) is 8.73. The zero-order chi connectivity index (χ0) is 18.8. The molecule has 2 heterocycles. The average molecular weight is 379 g/mol. The number of hydrogen-bond donors (Lipinski definition) is 2. The van der Waals surface area contributed by atoms with Crippen LogP contribution in [0.1, 0.15) is 18.3 Å². The minimum Gasteiger partial charge on any atom is -0.369 e. The van der Waals surface area contributed by atoms with Gasteiger partial charge >= 0.3 is 0 Å². The van der Waals surface area contributed by atoms with E-state index in [-0.39, 0.29) is 0 Å². The number of halogens is 1. The Hall–Kier alpha value is -3.12. The van der Waals surface area contributed by atoms with Crippen molar-refractivity contribution in [2.45, 2.75) is 19.9 Å². The van der Waals surface area contributed by atoms with Gasteiger partial charge in [0.25, 0.3) is 0 Å². The highest BCUT2D eigenvalue weighted by Crippen LogP contribution is 2.27. The van der Waals surface area contributed by atoms with Crippen molar-refractivity contribution in [1.29, 1.82) is 0 Å². The van der Waals surface area contributed by atoms with Crippen LogP contribution in [0.5, 0.6) is 0 Å². The van der Waals surface area contributed by atoms with Crippen LogP contribution < -0.4 is 11.1 Å². The highest BCUT2D eigenvalue weighted by Gasteiger charge is 2.16. The topological polar surface area (TPSA) is 81.7 Å². The zero-order valence-corrected chi connectivity index (χ0v) is 15.6. The van der Waals surface area contributed by atoms with Gasteiger partial charge < -0.3 is 11.1 Å². The van der Waals surface area contributed by atoms with Gasteiger partial charge in [-0.3, -0.25) is 4.57 Å². The molecule has 4 aromatic rings. The van der Waals surface area contributed by atoms with Crippen molar-refractivity contribution >= 4 is 40.2 Å². The van der Waals surface area contributed by atoms with Gasteiger partial charge in [-0.05, 0) is 30.7 Å². The first-order valence-corrected chi connectivity index (χ1v) is 9.11. The Morgan fingerprint density at radius 2 is 1.85 bits per heavy atom. The number of nitrogen functional groups attached to an aromatic ring is 1. The molecule has 4 rings (SSSR count). The number of aromatic nitrogens is 4. The Balaban J connectivity index is 1.82. The maximum atomic E-state index is 6.11. The van der Waals surface area contributed by atoms with Gasteiger partial charge in [0.15, 0.2) is 17.0 Å². The van der Waals surface area contributed by atoms with Crippen LogP contribution in [0.4, 0.5) is 17.5 Å². The molecular formula is C20H19ClN6. The lowest BCUT2D eigenvalue weighted by Crippen LogP contribution is -2.05. The summed E-state index contributed by atoms with van der Waals surface area (Å²) >= 11 is 6.11. The minimum absolute atomic E-state index is 0.424. The van der Waals surface area contributed by atoms with Crippen LogP contribution in [0.2, 0.25) is 5.02 Å². The zero-order valence-electron chi connectivity index (χ0n) is 14.9. The number of nitrogens with two attached hydrogens (primary N) is 1. The molecule has 0 aliphatic rings. The summed E-state index contributed by atoms with van der Waals surface area (Å²) in [6.45, 7) is 2.70. The monoisotopic (exact) mass is 378 g/mol. The molecule has 0 fully saturated rings. The Morgan fingerprint density at radius 1 is 1.04 bits per heavy atom. The molecule has 0 amide bonds. The second kappa shape index (κ2) is 7.25. The Labute approximate surface area is 162 Å². The molecule has 0 atom stereocenters. The molecule has 2 aromatic heterocycles. The number of rotatable bonds is 5. The number of aryl methyl sites for hydroxylation is 1. The summed E-state index contributed by atoms with van der Waals surface area (Å²) in [6.07, 6.45) is 0.621. The van der Waals surface area contributed by atoms with E-state index >= 15 is 0 Å². The average Bonchev–Trinajstić information content (AvgIpc) is 2.98. The van der Waals surface area contributed by atoms with E-state index in [1.165, 1.54) is 0 Å². The van der Waals surface area contributed by atoms with Gasteiger partial charge in [0, 0.05) is 23.7 Å². The molecule has 0 aliphatic carbocycles. The number of anilines is 3. The number of nitrogens with zero attached hydrogens (tertiary/aromatic N) is 4. The van der Waals surface area contributed by atoms with Gasteiger partial charge in [-0.1, -0.05) is 48.0 Å². The molecular weight excluding hydrogens is 360 g/mol. The molecule has 0 aliphatic heterocycles. The van der Waals surface area contributed by atoms with Crippen LogP contribution in [-0.4, -0.2) is 19.5 Å². The van der Waals surface area contributed by atoms with Gasteiger partial charge in [0.1, 0.15) is 5.82 Å². The fraction of sp³-hybridized carbons (Fsp3) is 0.150. The molecule has 27 heavy (non-hydrogen) atoms. The summed E-state index contributed by atoms with van der Waals surface area (Å²) < 4.78 is 1.88. The third-order valence-corrected chi connectivity index (χ3v) is 4.51. The lowest BCUT2D eigenvalue weighted by Gasteiger charge is -2.10. The summed E-state index contributed by atoms with van der Waals surface area (Å²) in [5.41, 5.74) is 9.43. The third-order valence-electron chi connectivity index (χ3n) is 4.28. The first kappa shape index (κ1) is 17.3. The highest BCUT2D eigenvalue weighted by molar-refractivity contribution is 6.30. The van der Waals surface area contributed by atoms with E-state index in [0.29, 0.717) is 41.1 Å². The standard InChI is InChI=1S/C20H19ClN6/c1-2-27-19-17(26-20(27)22)18(23-15-10-6-9-14(21)12-15)24-16(25-19)11-13-7-4-3-5-8-13/h3-10,12H,2,11H2,1H3,(H2,22,26)(H,23,24,25). The van der Waals surface area contributed by atoms with Gasteiger partial charge in [-0.2, -0.15) is 0 Å². The highest BCUT2D eigenvalue weighted by atomic mass is 35.5. The van der Waals surface area contributed by atoms with E-state index in [2.05, 4.69) is 22.4 Å². The van der Waals surface area contributed by atoms with Crippen LogP contribution in [-0.2, 0) is 13.0 Å². The second-order valence-electron chi connectivity index (χ2n) is 6.17. The predicted octanol–water partition coefficient (Wildman–Crippen LogP) is 4.42. The van der Waals surface area contributed by atoms with Crippen LogP contribution in [0, 0.1) is 0 Å². The van der Waals surface area contributed by atoms with Crippen molar-refractivity contribution in [3.8, 4) is 0 Å². The van der Waals surface area contributed by atoms with Gasteiger partial charge in [-0.15, -0.1) is 0 Å². The number of imidazole rings is 1. The van der Waals surface area contributed by atoms with E-state index < -0.39 is 0 Å². The molecule has 0 spiro atoms. The van der Waals surface area contributed by atoms with Crippen LogP contribution in [0.15, 0.2) is 54.6 Å². The molecule has 6 nitrogen and oxygen atoms in total. The Bertz CT molecular complexity index is 1090. The molecule has 0 unspecified atom stereocenters. The van der Waals surface area contributed by atoms with E-state index in [4.69, 9.17) is 27.3 Å². The molecule has 0 saturated heterocycles. The Kier molecular flexibility index (Phi) is 4.64. The van der Waals surface area contributed by atoms with Crippen molar-refractivity contribution in [1.82, 2.24) is 19.5 Å². The van der Waals surface area contributed by atoms with E-state index in [9.17, 15) is 0 Å². The number of nitrogens with one attached hydrogen (secondary N) is 1. The van der Waals surface area contributed by atoms with Crippen molar-refractivity contribution in [2.24, 2.45) is 0 Å². The van der Waals surface area contributed by atoms with E-state index in [1.54, 1.807) is 0 Å². The molecule has 7 heteroatoms. The van der Waals surface area contributed by atoms with Crippen molar-refractivity contribution in [3.63, 3.8) is 0 Å². The van der Waals surface area contributed by atoms with Crippen molar-refractivity contribution in [3.05, 3.63) is 71.0 Å². The SMILES string of the molecule is CCn1c(N)nc2c(Nc3cccc(Cl)c3)nc(Cc3ccccc3)nc21. The summed E-state index contributed by atoms with van der Waals surface area (Å²) in [7, 11) is 0. The third kappa shape index (κ3) is 3.57. The van der Waals surface area contributed by atoms with E-state index in [0.717, 1.165) is 16.9 Å². The molecule has 136 valence electrons. The molecule has 3 N–H and O–H groups in total. The minimum atomic E-state index is 0.424. The van der Waals surface area contributed by atoms with Crippen molar-refractivity contribution < 1.29 is 0 Å². The fourth-order valence-electron chi connectivity index (χ4n) is 3.02. The molecule has 0 bridgehead atoms. The van der Waals surface area contributed by atoms with Crippen LogP contribution >= 0.6 is 11.6 Å². The maximum absolute atomic E-state index is 6.11. The van der Waals surface area contributed by atoms with Gasteiger partial charge in [0.2, 0.25) is 5.95 Å². The van der Waals surface area contributed by atoms with Crippen LogP contribution in [0.3, 0.4) is 0 Å². The number of hydrogen-bond acceptors (Lipinski definition) is 5. The lowest BCUT2D eigenvalue weighted by molar-refractivity contribution is 0.786. The quantitative estimate of drug-likeness (QED) is 0.537.